The molecule has 60 valence electrons. The maximum atomic E-state index is 6.06. The summed E-state index contributed by atoms with van der Waals surface area (Å²) in [5, 5.41) is 0.389. The zero-order valence-corrected chi connectivity index (χ0v) is 8.26. The Hall–Kier alpha value is 0.640. The molecule has 0 aromatic rings. The third-order valence-corrected chi connectivity index (χ3v) is 3.62. The lowest BCUT2D eigenvalue weighted by Gasteiger charge is -2.16. The number of rotatable bonds is 4. The first kappa shape index (κ1) is 8.73. The van der Waals surface area contributed by atoms with Gasteiger partial charge < -0.3 is 0 Å². The molecule has 0 bridgehead atoms. The van der Waals surface area contributed by atoms with Crippen molar-refractivity contribution in [1.29, 1.82) is 0 Å². The SMILES string of the molecule is CSCCC1(C(C)Cl)CC1. The molecule has 0 aromatic carbocycles. The Bertz CT molecular complexity index is 108. The monoisotopic (exact) mass is 178 g/mol. The molecule has 1 unspecified atom stereocenters. The molecule has 1 atom stereocenters. The first-order valence-corrected chi connectivity index (χ1v) is 5.67. The molecular weight excluding hydrogens is 164 g/mol. The quantitative estimate of drug-likeness (QED) is 0.597. The summed E-state index contributed by atoms with van der Waals surface area (Å²) in [6.45, 7) is 2.13. The van der Waals surface area contributed by atoms with Crippen LogP contribution in [0.25, 0.3) is 0 Å². The van der Waals surface area contributed by atoms with Crippen LogP contribution in [-0.4, -0.2) is 17.4 Å². The van der Waals surface area contributed by atoms with Gasteiger partial charge in [0.2, 0.25) is 0 Å². The van der Waals surface area contributed by atoms with E-state index in [0.29, 0.717) is 10.8 Å². The van der Waals surface area contributed by atoms with Crippen LogP contribution >= 0.6 is 23.4 Å². The van der Waals surface area contributed by atoms with Crippen LogP contribution in [0.1, 0.15) is 26.2 Å². The van der Waals surface area contributed by atoms with Gasteiger partial charge in [-0.15, -0.1) is 11.6 Å². The van der Waals surface area contributed by atoms with Gasteiger partial charge in [0, 0.05) is 5.38 Å². The zero-order chi connectivity index (χ0) is 7.61. The van der Waals surface area contributed by atoms with Crippen molar-refractivity contribution in [2.24, 2.45) is 5.41 Å². The van der Waals surface area contributed by atoms with Crippen molar-refractivity contribution in [2.75, 3.05) is 12.0 Å². The van der Waals surface area contributed by atoms with Crippen molar-refractivity contribution < 1.29 is 0 Å². The minimum atomic E-state index is 0.389. The van der Waals surface area contributed by atoms with E-state index in [9.17, 15) is 0 Å². The third-order valence-electron chi connectivity index (χ3n) is 2.54. The van der Waals surface area contributed by atoms with Gasteiger partial charge in [0.15, 0.2) is 0 Å². The third kappa shape index (κ3) is 1.82. The maximum absolute atomic E-state index is 6.06. The standard InChI is InChI=1S/C8H15ClS/c1-7(9)8(3-4-8)5-6-10-2/h7H,3-6H2,1-2H3. The van der Waals surface area contributed by atoms with E-state index in [1.807, 2.05) is 11.8 Å². The Kier molecular flexibility index (Phi) is 2.93. The minimum Gasteiger partial charge on any atom is -0.165 e. The van der Waals surface area contributed by atoms with Crippen LogP contribution in [0.2, 0.25) is 0 Å². The van der Waals surface area contributed by atoms with Crippen molar-refractivity contribution in [2.45, 2.75) is 31.6 Å². The number of hydrogen-bond donors (Lipinski definition) is 0. The molecule has 2 heteroatoms. The van der Waals surface area contributed by atoms with Gasteiger partial charge in [-0.05, 0) is 43.6 Å². The van der Waals surface area contributed by atoms with Gasteiger partial charge in [-0.3, -0.25) is 0 Å². The van der Waals surface area contributed by atoms with Gasteiger partial charge >= 0.3 is 0 Å². The summed E-state index contributed by atoms with van der Waals surface area (Å²) in [6.07, 6.45) is 6.20. The summed E-state index contributed by atoms with van der Waals surface area (Å²) < 4.78 is 0. The Morgan fingerprint density at radius 2 is 2.20 bits per heavy atom. The highest BCUT2D eigenvalue weighted by Gasteiger charge is 2.45. The lowest BCUT2D eigenvalue weighted by molar-refractivity contribution is 0.486. The average molecular weight is 179 g/mol. The summed E-state index contributed by atoms with van der Waals surface area (Å²) in [5.41, 5.74) is 0.546. The van der Waals surface area contributed by atoms with Gasteiger partial charge in [-0.25, -0.2) is 0 Å². The summed E-state index contributed by atoms with van der Waals surface area (Å²) >= 11 is 7.99. The average Bonchev–Trinajstić information content (AvgIpc) is 2.64. The lowest BCUT2D eigenvalue weighted by atomic mass is 10.0. The van der Waals surface area contributed by atoms with Gasteiger partial charge in [0.1, 0.15) is 0 Å². The van der Waals surface area contributed by atoms with Crippen molar-refractivity contribution in [3.63, 3.8) is 0 Å². The van der Waals surface area contributed by atoms with E-state index in [1.54, 1.807) is 0 Å². The molecule has 0 heterocycles. The van der Waals surface area contributed by atoms with Gasteiger partial charge in [-0.1, -0.05) is 0 Å². The van der Waals surface area contributed by atoms with Crippen LogP contribution in [-0.2, 0) is 0 Å². The minimum absolute atomic E-state index is 0.389. The molecule has 1 saturated carbocycles. The first-order valence-electron chi connectivity index (χ1n) is 3.84. The van der Waals surface area contributed by atoms with Crippen LogP contribution in [0, 0.1) is 5.41 Å². The van der Waals surface area contributed by atoms with Crippen LogP contribution < -0.4 is 0 Å². The highest BCUT2D eigenvalue weighted by molar-refractivity contribution is 7.98. The number of halogens is 1. The highest BCUT2D eigenvalue weighted by Crippen LogP contribution is 2.53. The zero-order valence-electron chi connectivity index (χ0n) is 6.69. The molecule has 0 nitrogen and oxygen atoms in total. The first-order chi connectivity index (χ1) is 4.71. The van der Waals surface area contributed by atoms with Crippen molar-refractivity contribution in [3.8, 4) is 0 Å². The molecule has 0 spiro atoms. The van der Waals surface area contributed by atoms with E-state index >= 15 is 0 Å². The van der Waals surface area contributed by atoms with Crippen LogP contribution in [0.4, 0.5) is 0 Å². The second-order valence-corrected chi connectivity index (χ2v) is 4.86. The van der Waals surface area contributed by atoms with Crippen molar-refractivity contribution >= 4 is 23.4 Å². The number of thioether (sulfide) groups is 1. The molecule has 0 saturated heterocycles. The molecule has 0 aromatic heterocycles. The molecule has 0 N–H and O–H groups in total. The molecule has 10 heavy (non-hydrogen) atoms. The van der Waals surface area contributed by atoms with Crippen LogP contribution in [0.3, 0.4) is 0 Å². The highest BCUT2D eigenvalue weighted by atomic mass is 35.5. The fraction of sp³-hybridized carbons (Fsp3) is 1.00. The second kappa shape index (κ2) is 3.36. The van der Waals surface area contributed by atoms with E-state index in [-0.39, 0.29) is 0 Å². The Morgan fingerprint density at radius 3 is 2.50 bits per heavy atom. The Labute approximate surface area is 72.7 Å². The molecule has 1 rings (SSSR count). The van der Waals surface area contributed by atoms with Crippen LogP contribution in [0.5, 0.6) is 0 Å². The predicted molar refractivity (Wildman–Crippen MR) is 50.0 cm³/mol. The summed E-state index contributed by atoms with van der Waals surface area (Å²) in [6, 6.07) is 0. The van der Waals surface area contributed by atoms with Crippen molar-refractivity contribution in [1.82, 2.24) is 0 Å². The summed E-state index contributed by atoms with van der Waals surface area (Å²) in [7, 11) is 0. The molecule has 0 aliphatic heterocycles. The maximum Gasteiger partial charge on any atom is 0.0364 e. The predicted octanol–water partition coefficient (Wildman–Crippen LogP) is 3.15. The fourth-order valence-corrected chi connectivity index (χ4v) is 2.25. The normalized spacial score (nSPS) is 24.3. The number of hydrogen-bond acceptors (Lipinski definition) is 1. The molecule has 1 fully saturated rings. The van der Waals surface area contributed by atoms with Crippen molar-refractivity contribution in [3.05, 3.63) is 0 Å². The Balaban J connectivity index is 2.24. The molecule has 0 amide bonds. The summed E-state index contributed by atoms with van der Waals surface area (Å²) in [5.74, 6) is 1.27. The number of alkyl halides is 1. The van der Waals surface area contributed by atoms with Crippen LogP contribution in [0.15, 0.2) is 0 Å². The Morgan fingerprint density at radius 1 is 1.60 bits per heavy atom. The van der Waals surface area contributed by atoms with E-state index in [4.69, 9.17) is 11.6 Å². The topological polar surface area (TPSA) is 0 Å². The molecule has 0 radical (unpaired) electrons. The fourth-order valence-electron chi connectivity index (χ4n) is 1.31. The largest absolute Gasteiger partial charge is 0.165 e. The van der Waals surface area contributed by atoms with E-state index in [2.05, 4.69) is 13.2 Å². The van der Waals surface area contributed by atoms with Gasteiger partial charge in [-0.2, -0.15) is 11.8 Å². The van der Waals surface area contributed by atoms with E-state index in [0.717, 1.165) is 0 Å². The smallest absolute Gasteiger partial charge is 0.0364 e. The molecular formula is C8H15ClS. The summed E-state index contributed by atoms with van der Waals surface area (Å²) in [4.78, 5) is 0. The van der Waals surface area contributed by atoms with Gasteiger partial charge in [0.05, 0.1) is 0 Å². The van der Waals surface area contributed by atoms with E-state index < -0.39 is 0 Å². The lowest BCUT2D eigenvalue weighted by Crippen LogP contribution is -2.13. The second-order valence-electron chi connectivity index (χ2n) is 3.22. The van der Waals surface area contributed by atoms with Gasteiger partial charge in [0.25, 0.3) is 0 Å². The molecule has 1 aliphatic rings. The molecule has 1 aliphatic carbocycles. The van der Waals surface area contributed by atoms with E-state index in [1.165, 1.54) is 25.0 Å².